The molecule has 4 heteroatoms. The van der Waals surface area contributed by atoms with E-state index < -0.39 is 0 Å². The normalized spacial score (nSPS) is 10.2. The monoisotopic (exact) mass is 478 g/mol. The van der Waals surface area contributed by atoms with Gasteiger partial charge in [-0.05, 0) is 26.7 Å². The van der Waals surface area contributed by atoms with Gasteiger partial charge in [0.2, 0.25) is 0 Å². The van der Waals surface area contributed by atoms with Crippen LogP contribution < -0.4 is 34.0 Å². The maximum Gasteiger partial charge on any atom is 0.0840 e. The van der Waals surface area contributed by atoms with Crippen molar-refractivity contribution < 1.29 is 42.9 Å². The summed E-state index contributed by atoms with van der Waals surface area (Å²) in [6, 6.07) is 0. The number of nitrogens with zero attached hydrogens (tertiary/aromatic N) is 2. The molecule has 0 spiro atoms. The minimum absolute atomic E-state index is 0. The molecule has 0 aliphatic carbocycles. The lowest BCUT2D eigenvalue weighted by Crippen LogP contribution is -3.00. The minimum atomic E-state index is 0. The zero-order chi connectivity index (χ0) is 14.8. The molecule has 0 unspecified atom stereocenters. The first-order valence-electron chi connectivity index (χ1n) is 8.54. The van der Waals surface area contributed by atoms with E-state index >= 15 is 0 Å². The maximum absolute atomic E-state index is 2.38. The quantitative estimate of drug-likeness (QED) is 0.269. The third-order valence-corrected chi connectivity index (χ3v) is 4.54. The van der Waals surface area contributed by atoms with Crippen LogP contribution in [0.25, 0.3) is 0 Å². The number of hydrogen-bond acceptors (Lipinski definition) is 0. The average molecular weight is 480 g/mol. The van der Waals surface area contributed by atoms with Crippen molar-refractivity contribution in [2.45, 2.75) is 81.6 Å². The van der Waals surface area contributed by atoms with Crippen molar-refractivity contribution in [2.75, 3.05) is 53.9 Å². The molecular weight excluding hydrogens is 428 g/mol. The lowest BCUT2D eigenvalue weighted by Gasteiger charge is -2.38. The first kappa shape index (κ1) is 39.8. The smallest absolute Gasteiger partial charge is 0.0840 e. The molecule has 0 radical (unpaired) electrons. The van der Waals surface area contributed by atoms with Crippen molar-refractivity contribution >= 4 is 0 Å². The second kappa shape index (κ2) is 21.9. The summed E-state index contributed by atoms with van der Waals surface area (Å²) in [7, 11) is 6.91. The number of hydrogen-bond donors (Lipinski definition) is 0. The number of unbranched alkanes of at least 4 members (excludes halogenated alkanes) is 4. The molecule has 0 N–H and O–H groups in total. The highest BCUT2D eigenvalue weighted by Crippen LogP contribution is 2.13. The van der Waals surface area contributed by atoms with Gasteiger partial charge in [0.1, 0.15) is 0 Å². The van der Waals surface area contributed by atoms with Crippen LogP contribution in [0.15, 0.2) is 0 Å². The Morgan fingerprint density at radius 2 is 0.958 bits per heavy atom. The topological polar surface area (TPSA) is 0 Å². The molecule has 0 aromatic rings. The number of halogens is 2. The third-order valence-electron chi connectivity index (χ3n) is 4.54. The molecule has 2 nitrogen and oxygen atoms in total. The van der Waals surface area contributed by atoms with Crippen molar-refractivity contribution in [3.63, 3.8) is 0 Å². The summed E-state index contributed by atoms with van der Waals surface area (Å²) in [6.07, 6.45) is 8.42. The van der Waals surface area contributed by atoms with Crippen LogP contribution in [0.1, 0.15) is 81.6 Å². The molecule has 24 heavy (non-hydrogen) atoms. The summed E-state index contributed by atoms with van der Waals surface area (Å²) >= 11 is 0. The van der Waals surface area contributed by atoms with Gasteiger partial charge in [-0.2, -0.15) is 0 Å². The molecule has 0 aromatic carbocycles. The Morgan fingerprint density at radius 1 is 0.542 bits per heavy atom. The minimum Gasteiger partial charge on any atom is -1.00 e. The Labute approximate surface area is 178 Å². The molecule has 0 heterocycles. The van der Waals surface area contributed by atoms with Crippen molar-refractivity contribution in [2.24, 2.45) is 0 Å². The van der Waals surface area contributed by atoms with Crippen LogP contribution in [0.3, 0.4) is 0 Å². The summed E-state index contributed by atoms with van der Waals surface area (Å²) in [4.78, 5) is 0. The van der Waals surface area contributed by atoms with Crippen LogP contribution in [-0.4, -0.2) is 62.8 Å². The van der Waals surface area contributed by atoms with E-state index in [4.69, 9.17) is 0 Å². The summed E-state index contributed by atoms with van der Waals surface area (Å²) < 4.78 is 2.44. The fraction of sp³-hybridized carbons (Fsp3) is 1.00. The predicted molar refractivity (Wildman–Crippen MR) is 108 cm³/mol. The Morgan fingerprint density at radius 3 is 1.33 bits per heavy atom. The van der Waals surface area contributed by atoms with E-state index in [1.165, 1.54) is 75.7 Å². The van der Waals surface area contributed by atoms with Crippen molar-refractivity contribution in [1.29, 1.82) is 0 Å². The van der Waals surface area contributed by atoms with Crippen LogP contribution >= 0.6 is 0 Å². The van der Waals surface area contributed by atoms with Gasteiger partial charge < -0.3 is 42.9 Å². The van der Waals surface area contributed by atoms with Crippen LogP contribution in [0.5, 0.6) is 0 Å². The van der Waals surface area contributed by atoms with Gasteiger partial charge in [0.15, 0.2) is 0 Å². The van der Waals surface area contributed by atoms with Gasteiger partial charge >= 0.3 is 0 Å². The molecule has 0 saturated carbocycles. The molecule has 0 aliphatic rings. The number of quaternary nitrogens is 2. The van der Waals surface area contributed by atoms with Gasteiger partial charge in [-0.25, -0.2) is 0 Å². The van der Waals surface area contributed by atoms with Crippen molar-refractivity contribution in [3.05, 3.63) is 0 Å². The SMILES string of the molecule is C.C.C.CCCCCCC[N+](CC)(CC)CCC[N+](C)(C)C.[Br-].[Br-]. The summed E-state index contributed by atoms with van der Waals surface area (Å²) in [5.74, 6) is 0. The molecule has 0 rings (SSSR count). The summed E-state index contributed by atoms with van der Waals surface area (Å²) in [5, 5.41) is 0. The zero-order valence-electron chi connectivity index (χ0n) is 15.4. The summed E-state index contributed by atoms with van der Waals surface area (Å²) in [6.45, 7) is 13.7. The lowest BCUT2D eigenvalue weighted by atomic mass is 10.1. The lowest BCUT2D eigenvalue weighted by molar-refractivity contribution is -0.930. The van der Waals surface area contributed by atoms with Gasteiger partial charge in [-0.1, -0.05) is 48.5 Å². The van der Waals surface area contributed by atoms with E-state index in [0.29, 0.717) is 0 Å². The summed E-state index contributed by atoms with van der Waals surface area (Å²) in [5.41, 5.74) is 0. The highest BCUT2D eigenvalue weighted by molar-refractivity contribution is 4.47. The van der Waals surface area contributed by atoms with Gasteiger partial charge in [0.25, 0.3) is 0 Å². The van der Waals surface area contributed by atoms with Crippen molar-refractivity contribution in [1.82, 2.24) is 0 Å². The Bertz CT molecular complexity index is 212. The van der Waals surface area contributed by atoms with Crippen LogP contribution in [0.2, 0.25) is 0 Å². The van der Waals surface area contributed by atoms with E-state index in [0.717, 1.165) is 4.48 Å². The second-order valence-electron chi connectivity index (χ2n) is 7.20. The molecule has 0 bridgehead atoms. The Balaban J connectivity index is -0.000000162. The van der Waals surface area contributed by atoms with E-state index in [1.54, 1.807) is 0 Å². The third kappa shape index (κ3) is 20.9. The largest absolute Gasteiger partial charge is 1.00 e. The average Bonchev–Trinajstić information content (AvgIpc) is 2.35. The zero-order valence-corrected chi connectivity index (χ0v) is 18.6. The van der Waals surface area contributed by atoms with Crippen LogP contribution in [0.4, 0.5) is 0 Å². The van der Waals surface area contributed by atoms with Gasteiger partial charge in [0.05, 0.1) is 53.9 Å². The van der Waals surface area contributed by atoms with Crippen LogP contribution in [-0.2, 0) is 0 Å². The highest BCUT2D eigenvalue weighted by Gasteiger charge is 2.23. The molecule has 0 aromatic heterocycles. The van der Waals surface area contributed by atoms with Gasteiger partial charge in [-0.3, -0.25) is 0 Å². The maximum atomic E-state index is 2.38. The molecule has 0 aliphatic heterocycles. The van der Waals surface area contributed by atoms with Crippen molar-refractivity contribution in [3.8, 4) is 0 Å². The fourth-order valence-corrected chi connectivity index (χ4v) is 2.90. The van der Waals surface area contributed by atoms with E-state index in [1.807, 2.05) is 0 Å². The predicted octanol–water partition coefficient (Wildman–Crippen LogP) is -0.174. The van der Waals surface area contributed by atoms with E-state index in [-0.39, 0.29) is 56.2 Å². The van der Waals surface area contributed by atoms with Gasteiger partial charge in [-0.15, -0.1) is 0 Å². The molecular formula is C20H52Br2N2. The molecule has 156 valence electrons. The van der Waals surface area contributed by atoms with E-state index in [9.17, 15) is 0 Å². The molecule has 0 fully saturated rings. The van der Waals surface area contributed by atoms with Crippen LogP contribution in [0, 0.1) is 0 Å². The van der Waals surface area contributed by atoms with Gasteiger partial charge in [0, 0.05) is 6.42 Å². The highest BCUT2D eigenvalue weighted by atomic mass is 79.9. The fourth-order valence-electron chi connectivity index (χ4n) is 2.90. The molecule has 0 amide bonds. The van der Waals surface area contributed by atoms with E-state index in [2.05, 4.69) is 41.9 Å². The standard InChI is InChI=1S/C17H40N2.3CH4.2BrH/c1-7-10-11-12-13-16-19(8-2,9-3)17-14-15-18(4,5)6;;;;;/h7-17H2,1-6H3;3*1H4;2*1H/q+2;;;;;/p-2. The first-order chi connectivity index (χ1) is 8.89. The Kier molecular flexibility index (Phi) is 36.4. The molecule has 0 atom stereocenters. The first-order valence-corrected chi connectivity index (χ1v) is 8.54. The molecule has 0 saturated heterocycles. The Hall–Kier alpha value is 0.880. The second-order valence-corrected chi connectivity index (χ2v) is 7.20. The number of rotatable bonds is 12.